The molecule has 0 saturated carbocycles. The third-order valence-electron chi connectivity index (χ3n) is 1.63. The van der Waals surface area contributed by atoms with E-state index in [0.29, 0.717) is 5.56 Å². The molecule has 0 aliphatic rings. The minimum atomic E-state index is -0.698. The zero-order valence-electron chi connectivity index (χ0n) is 7.37. The minimum absolute atomic E-state index is 0.0739. The SMILES string of the molecule is C#Cc1cc(O)c(C(=O)OC)c(Cl)c1. The zero-order chi connectivity index (χ0) is 10.7. The third kappa shape index (κ3) is 1.81. The topological polar surface area (TPSA) is 46.5 Å². The van der Waals surface area contributed by atoms with E-state index in [-0.39, 0.29) is 16.3 Å². The molecule has 3 nitrogen and oxygen atoms in total. The molecule has 0 unspecified atom stereocenters. The number of aromatic hydroxyl groups is 1. The van der Waals surface area contributed by atoms with Gasteiger partial charge in [0.1, 0.15) is 11.3 Å². The molecule has 0 atom stereocenters. The number of phenolic OH excluding ortho intramolecular Hbond substituents is 1. The first-order valence-corrected chi connectivity index (χ1v) is 4.05. The molecule has 0 radical (unpaired) electrons. The maximum absolute atomic E-state index is 11.1. The van der Waals surface area contributed by atoms with Gasteiger partial charge in [-0.2, -0.15) is 0 Å². The Morgan fingerprint density at radius 3 is 2.71 bits per heavy atom. The largest absolute Gasteiger partial charge is 0.507 e. The average molecular weight is 211 g/mol. The first kappa shape index (κ1) is 10.4. The number of hydrogen-bond acceptors (Lipinski definition) is 3. The first-order valence-electron chi connectivity index (χ1n) is 3.67. The molecular formula is C10H7ClO3. The molecule has 72 valence electrons. The van der Waals surface area contributed by atoms with Crippen molar-refractivity contribution in [2.45, 2.75) is 0 Å². The van der Waals surface area contributed by atoms with E-state index < -0.39 is 5.97 Å². The highest BCUT2D eigenvalue weighted by Gasteiger charge is 2.16. The highest BCUT2D eigenvalue weighted by atomic mass is 35.5. The summed E-state index contributed by atoms with van der Waals surface area (Å²) in [6.07, 6.45) is 5.11. The number of hydrogen-bond donors (Lipinski definition) is 1. The van der Waals surface area contributed by atoms with Gasteiger partial charge in [-0.1, -0.05) is 17.5 Å². The van der Waals surface area contributed by atoms with Crippen LogP contribution in [0.2, 0.25) is 5.02 Å². The lowest BCUT2D eigenvalue weighted by molar-refractivity contribution is 0.0597. The number of carbonyl (C=O) groups excluding carboxylic acids is 1. The molecular weight excluding hydrogens is 204 g/mol. The molecule has 0 saturated heterocycles. The van der Waals surface area contributed by atoms with Gasteiger partial charge in [0.05, 0.1) is 12.1 Å². The highest BCUT2D eigenvalue weighted by molar-refractivity contribution is 6.34. The molecule has 1 aromatic rings. The van der Waals surface area contributed by atoms with E-state index in [2.05, 4.69) is 10.7 Å². The van der Waals surface area contributed by atoms with Crippen molar-refractivity contribution >= 4 is 17.6 Å². The summed E-state index contributed by atoms with van der Waals surface area (Å²) in [6, 6.07) is 2.69. The molecule has 1 N–H and O–H groups in total. The molecule has 14 heavy (non-hydrogen) atoms. The van der Waals surface area contributed by atoms with Gasteiger partial charge in [0.2, 0.25) is 0 Å². The lowest BCUT2D eigenvalue weighted by Gasteiger charge is -2.05. The molecule has 0 aliphatic heterocycles. The van der Waals surface area contributed by atoms with Gasteiger partial charge < -0.3 is 9.84 Å². The van der Waals surface area contributed by atoms with Gasteiger partial charge in [-0.05, 0) is 12.1 Å². The monoisotopic (exact) mass is 210 g/mol. The maximum atomic E-state index is 11.1. The lowest BCUT2D eigenvalue weighted by Crippen LogP contribution is -2.02. The molecule has 0 spiro atoms. The van der Waals surface area contributed by atoms with E-state index >= 15 is 0 Å². The average Bonchev–Trinajstić information content (AvgIpc) is 2.16. The van der Waals surface area contributed by atoms with Crippen molar-refractivity contribution in [1.29, 1.82) is 0 Å². The van der Waals surface area contributed by atoms with Crippen molar-refractivity contribution in [3.05, 3.63) is 28.3 Å². The van der Waals surface area contributed by atoms with E-state index in [0.717, 1.165) is 0 Å². The fraction of sp³-hybridized carbons (Fsp3) is 0.100. The van der Waals surface area contributed by atoms with Gasteiger partial charge in [0.25, 0.3) is 0 Å². The number of esters is 1. The number of rotatable bonds is 1. The van der Waals surface area contributed by atoms with E-state index in [1.54, 1.807) is 0 Å². The lowest BCUT2D eigenvalue weighted by atomic mass is 10.1. The third-order valence-corrected chi connectivity index (χ3v) is 1.92. The fourth-order valence-electron chi connectivity index (χ4n) is 0.980. The van der Waals surface area contributed by atoms with E-state index in [9.17, 15) is 9.90 Å². The molecule has 0 heterocycles. The highest BCUT2D eigenvalue weighted by Crippen LogP contribution is 2.27. The molecule has 0 bridgehead atoms. The van der Waals surface area contributed by atoms with Crippen molar-refractivity contribution in [2.24, 2.45) is 0 Å². The van der Waals surface area contributed by atoms with Crippen LogP contribution >= 0.6 is 11.6 Å². The van der Waals surface area contributed by atoms with Crippen LogP contribution in [0.25, 0.3) is 0 Å². The Balaban J connectivity index is 3.34. The van der Waals surface area contributed by atoms with Crippen LogP contribution in [0.4, 0.5) is 0 Å². The van der Waals surface area contributed by atoms with Gasteiger partial charge in [-0.25, -0.2) is 4.79 Å². The zero-order valence-corrected chi connectivity index (χ0v) is 8.13. The van der Waals surface area contributed by atoms with Crippen LogP contribution in [0.15, 0.2) is 12.1 Å². The Morgan fingerprint density at radius 1 is 1.64 bits per heavy atom. The van der Waals surface area contributed by atoms with Gasteiger partial charge in [-0.3, -0.25) is 0 Å². The van der Waals surface area contributed by atoms with Crippen LogP contribution in [-0.2, 0) is 4.74 Å². The van der Waals surface area contributed by atoms with Crippen molar-refractivity contribution in [2.75, 3.05) is 7.11 Å². The quantitative estimate of drug-likeness (QED) is 0.568. The maximum Gasteiger partial charge on any atom is 0.343 e. The number of terminal acetylenes is 1. The van der Waals surface area contributed by atoms with Gasteiger partial charge in [0.15, 0.2) is 0 Å². The van der Waals surface area contributed by atoms with Crippen LogP contribution in [0.3, 0.4) is 0 Å². The second-order valence-corrected chi connectivity index (χ2v) is 2.90. The standard InChI is InChI=1S/C10H7ClO3/c1-3-6-4-7(11)9(8(12)5-6)10(13)14-2/h1,4-5,12H,2H3. The Labute approximate surface area is 86.3 Å². The van der Waals surface area contributed by atoms with Crippen molar-refractivity contribution in [3.8, 4) is 18.1 Å². The number of phenols is 1. The fourth-order valence-corrected chi connectivity index (χ4v) is 1.27. The number of carbonyl (C=O) groups is 1. The summed E-state index contributed by atoms with van der Waals surface area (Å²) in [7, 11) is 1.20. The first-order chi connectivity index (χ1) is 6.60. The van der Waals surface area contributed by atoms with E-state index in [4.69, 9.17) is 18.0 Å². The molecule has 0 aliphatic carbocycles. The van der Waals surface area contributed by atoms with Crippen LogP contribution in [0.5, 0.6) is 5.75 Å². The Morgan fingerprint density at radius 2 is 2.29 bits per heavy atom. The van der Waals surface area contributed by atoms with Crippen LogP contribution in [0.1, 0.15) is 15.9 Å². The second-order valence-electron chi connectivity index (χ2n) is 2.49. The summed E-state index contributed by atoms with van der Waals surface area (Å²) in [5.41, 5.74) is 0.327. The van der Waals surface area contributed by atoms with E-state index in [1.807, 2.05) is 0 Å². The predicted octanol–water partition coefficient (Wildman–Crippen LogP) is 1.81. The minimum Gasteiger partial charge on any atom is -0.507 e. The number of halogens is 1. The molecule has 4 heteroatoms. The Kier molecular flexibility index (Phi) is 3.00. The summed E-state index contributed by atoms with van der Waals surface area (Å²) in [6.45, 7) is 0. The van der Waals surface area contributed by atoms with Crippen molar-refractivity contribution < 1.29 is 14.6 Å². The molecule has 1 aromatic carbocycles. The van der Waals surface area contributed by atoms with Crippen LogP contribution in [-0.4, -0.2) is 18.2 Å². The number of ether oxygens (including phenoxy) is 1. The van der Waals surface area contributed by atoms with Crippen molar-refractivity contribution in [3.63, 3.8) is 0 Å². The summed E-state index contributed by atoms with van der Waals surface area (Å²) in [5, 5.41) is 9.50. The Hall–Kier alpha value is -1.66. The summed E-state index contributed by atoms with van der Waals surface area (Å²) < 4.78 is 4.44. The Bertz CT molecular complexity index is 395. The van der Waals surface area contributed by atoms with Crippen LogP contribution in [0, 0.1) is 12.3 Å². The second kappa shape index (κ2) is 4.03. The van der Waals surface area contributed by atoms with Crippen molar-refractivity contribution in [1.82, 2.24) is 0 Å². The normalized spacial score (nSPS) is 9.21. The smallest absolute Gasteiger partial charge is 0.343 e. The molecule has 1 rings (SSSR count). The number of methoxy groups -OCH3 is 1. The summed E-state index contributed by atoms with van der Waals surface area (Å²) in [4.78, 5) is 11.1. The van der Waals surface area contributed by atoms with E-state index in [1.165, 1.54) is 19.2 Å². The molecule has 0 aromatic heterocycles. The van der Waals surface area contributed by atoms with Crippen LogP contribution < -0.4 is 0 Å². The molecule has 0 amide bonds. The summed E-state index contributed by atoms with van der Waals surface area (Å²) >= 11 is 5.73. The number of benzene rings is 1. The predicted molar refractivity (Wildman–Crippen MR) is 52.4 cm³/mol. The van der Waals surface area contributed by atoms with Gasteiger partial charge in [-0.15, -0.1) is 6.42 Å². The van der Waals surface area contributed by atoms with Gasteiger partial charge in [0, 0.05) is 5.56 Å². The summed E-state index contributed by atoms with van der Waals surface area (Å²) in [5.74, 6) is 1.32. The van der Waals surface area contributed by atoms with Gasteiger partial charge >= 0.3 is 5.97 Å². The molecule has 0 fully saturated rings.